The number of hydrogen-bond acceptors (Lipinski definition) is 3. The number of ether oxygens (including phenoxy) is 1. The maximum atomic E-state index is 13.0. The molecular formula is C14H10Cl2FNO3. The number of phenols is 1. The van der Waals surface area contributed by atoms with Gasteiger partial charge in [-0.1, -0.05) is 23.2 Å². The first-order chi connectivity index (χ1) is 9.95. The normalized spacial score (nSPS) is 10.2. The number of hydrogen-bond donors (Lipinski definition) is 2. The van der Waals surface area contributed by atoms with Gasteiger partial charge in [-0.15, -0.1) is 0 Å². The van der Waals surface area contributed by atoms with Crippen molar-refractivity contribution in [1.82, 2.24) is 0 Å². The van der Waals surface area contributed by atoms with Crippen molar-refractivity contribution < 1.29 is 19.0 Å². The number of aromatic hydroxyl groups is 1. The van der Waals surface area contributed by atoms with E-state index in [1.807, 2.05) is 0 Å². The van der Waals surface area contributed by atoms with E-state index in [1.54, 1.807) is 0 Å². The zero-order valence-electron chi connectivity index (χ0n) is 10.6. The molecule has 0 bridgehead atoms. The lowest BCUT2D eigenvalue weighted by Crippen LogP contribution is -2.20. The van der Waals surface area contributed by atoms with Gasteiger partial charge in [-0.05, 0) is 30.3 Å². The molecule has 0 saturated carbocycles. The second-order valence-electron chi connectivity index (χ2n) is 4.07. The number of halogens is 3. The highest BCUT2D eigenvalue weighted by atomic mass is 35.5. The maximum Gasteiger partial charge on any atom is 0.262 e. The lowest BCUT2D eigenvalue weighted by atomic mass is 10.3. The SMILES string of the molecule is O=C(COc1ccc(F)c(Cl)c1)Nc1cc(Cl)ccc1O. The largest absolute Gasteiger partial charge is 0.506 e. The molecule has 0 fully saturated rings. The van der Waals surface area contributed by atoms with Crippen LogP contribution < -0.4 is 10.1 Å². The van der Waals surface area contributed by atoms with Gasteiger partial charge in [-0.25, -0.2) is 4.39 Å². The van der Waals surface area contributed by atoms with Crippen molar-refractivity contribution in [2.75, 3.05) is 11.9 Å². The molecule has 21 heavy (non-hydrogen) atoms. The number of nitrogens with one attached hydrogen (secondary N) is 1. The summed E-state index contributed by atoms with van der Waals surface area (Å²) in [7, 11) is 0. The van der Waals surface area contributed by atoms with Crippen molar-refractivity contribution in [3.8, 4) is 11.5 Å². The van der Waals surface area contributed by atoms with Crippen molar-refractivity contribution in [1.29, 1.82) is 0 Å². The molecule has 0 spiro atoms. The standard InChI is InChI=1S/C14H10Cl2FNO3/c15-8-1-4-13(19)12(5-8)18-14(20)7-21-9-2-3-11(17)10(16)6-9/h1-6,19H,7H2,(H,18,20). The summed E-state index contributed by atoms with van der Waals surface area (Å²) < 4.78 is 18.1. The summed E-state index contributed by atoms with van der Waals surface area (Å²) in [6, 6.07) is 8.01. The minimum absolute atomic E-state index is 0.0969. The van der Waals surface area contributed by atoms with Gasteiger partial charge >= 0.3 is 0 Å². The quantitative estimate of drug-likeness (QED) is 0.837. The van der Waals surface area contributed by atoms with Crippen LogP contribution in [0.1, 0.15) is 0 Å². The lowest BCUT2D eigenvalue weighted by molar-refractivity contribution is -0.118. The highest BCUT2D eigenvalue weighted by molar-refractivity contribution is 6.31. The number of benzene rings is 2. The molecule has 0 radical (unpaired) electrons. The van der Waals surface area contributed by atoms with E-state index in [9.17, 15) is 14.3 Å². The number of rotatable bonds is 4. The molecule has 0 aliphatic rings. The Kier molecular flexibility index (Phi) is 4.88. The molecule has 110 valence electrons. The number of amides is 1. The van der Waals surface area contributed by atoms with E-state index in [0.717, 1.165) is 6.07 Å². The molecule has 0 saturated heterocycles. The molecule has 7 heteroatoms. The first-order valence-corrected chi connectivity index (χ1v) is 6.57. The highest BCUT2D eigenvalue weighted by Gasteiger charge is 2.09. The van der Waals surface area contributed by atoms with E-state index in [2.05, 4.69) is 5.32 Å². The summed E-state index contributed by atoms with van der Waals surface area (Å²) in [5.74, 6) is -0.935. The van der Waals surface area contributed by atoms with Crippen LogP contribution in [0.25, 0.3) is 0 Å². The monoisotopic (exact) mass is 329 g/mol. The average molecular weight is 330 g/mol. The van der Waals surface area contributed by atoms with Gasteiger partial charge in [-0.3, -0.25) is 4.79 Å². The molecule has 0 heterocycles. The topological polar surface area (TPSA) is 58.6 Å². The number of anilines is 1. The van der Waals surface area contributed by atoms with Crippen molar-refractivity contribution in [3.05, 3.63) is 52.3 Å². The van der Waals surface area contributed by atoms with Crippen molar-refractivity contribution in [2.24, 2.45) is 0 Å². The second kappa shape index (κ2) is 6.65. The summed E-state index contributed by atoms with van der Waals surface area (Å²) in [5, 5.41) is 12.3. The van der Waals surface area contributed by atoms with Crippen LogP contribution >= 0.6 is 23.2 Å². The van der Waals surface area contributed by atoms with Crippen LogP contribution in [-0.4, -0.2) is 17.6 Å². The zero-order chi connectivity index (χ0) is 15.4. The number of carbonyl (C=O) groups excluding carboxylic acids is 1. The van der Waals surface area contributed by atoms with E-state index < -0.39 is 11.7 Å². The Labute approximate surface area is 130 Å². The molecule has 1 amide bonds. The van der Waals surface area contributed by atoms with Crippen LogP contribution in [0.4, 0.5) is 10.1 Å². The third kappa shape index (κ3) is 4.24. The van der Waals surface area contributed by atoms with E-state index in [0.29, 0.717) is 5.02 Å². The van der Waals surface area contributed by atoms with Crippen LogP contribution in [0.15, 0.2) is 36.4 Å². The molecule has 0 aliphatic heterocycles. The fourth-order valence-electron chi connectivity index (χ4n) is 1.51. The molecule has 2 rings (SSSR count). The fraction of sp³-hybridized carbons (Fsp3) is 0.0714. The fourth-order valence-corrected chi connectivity index (χ4v) is 1.85. The van der Waals surface area contributed by atoms with Crippen molar-refractivity contribution in [2.45, 2.75) is 0 Å². The van der Waals surface area contributed by atoms with E-state index in [-0.39, 0.29) is 28.8 Å². The maximum absolute atomic E-state index is 13.0. The van der Waals surface area contributed by atoms with Crippen molar-refractivity contribution in [3.63, 3.8) is 0 Å². The van der Waals surface area contributed by atoms with Crippen LogP contribution in [-0.2, 0) is 4.79 Å². The molecular weight excluding hydrogens is 320 g/mol. The summed E-state index contributed by atoms with van der Waals surface area (Å²) in [4.78, 5) is 11.7. The van der Waals surface area contributed by atoms with Gasteiger partial charge in [0.05, 0.1) is 10.7 Å². The summed E-state index contributed by atoms with van der Waals surface area (Å²) in [6.07, 6.45) is 0. The van der Waals surface area contributed by atoms with Gasteiger partial charge in [0.1, 0.15) is 17.3 Å². The van der Waals surface area contributed by atoms with E-state index in [1.165, 1.54) is 30.3 Å². The average Bonchev–Trinajstić information content (AvgIpc) is 2.44. The third-order valence-corrected chi connectivity index (χ3v) is 3.02. The lowest BCUT2D eigenvalue weighted by Gasteiger charge is -2.09. The predicted molar refractivity (Wildman–Crippen MR) is 78.7 cm³/mol. The highest BCUT2D eigenvalue weighted by Crippen LogP contribution is 2.26. The van der Waals surface area contributed by atoms with Gasteiger partial charge in [0, 0.05) is 11.1 Å². The Morgan fingerprint density at radius 3 is 2.71 bits per heavy atom. The zero-order valence-corrected chi connectivity index (χ0v) is 12.1. The van der Waals surface area contributed by atoms with Crippen molar-refractivity contribution >= 4 is 34.8 Å². The smallest absolute Gasteiger partial charge is 0.262 e. The molecule has 0 unspecified atom stereocenters. The number of carbonyl (C=O) groups is 1. The molecule has 2 aromatic rings. The molecule has 0 aromatic heterocycles. The number of phenolic OH excluding ortho intramolecular Hbond substituents is 1. The van der Waals surface area contributed by atoms with Gasteiger partial charge < -0.3 is 15.2 Å². The van der Waals surface area contributed by atoms with Crippen LogP contribution in [0.5, 0.6) is 11.5 Å². The van der Waals surface area contributed by atoms with Gasteiger partial charge in [0.2, 0.25) is 0 Å². The molecule has 0 atom stereocenters. The first kappa shape index (κ1) is 15.4. The van der Waals surface area contributed by atoms with Crippen LogP contribution in [0.3, 0.4) is 0 Å². The van der Waals surface area contributed by atoms with E-state index >= 15 is 0 Å². The third-order valence-electron chi connectivity index (χ3n) is 2.49. The van der Waals surface area contributed by atoms with Crippen LogP contribution in [0.2, 0.25) is 10.0 Å². The molecule has 4 nitrogen and oxygen atoms in total. The summed E-state index contributed by atoms with van der Waals surface area (Å²) in [5.41, 5.74) is 0.174. The second-order valence-corrected chi connectivity index (χ2v) is 4.92. The minimum atomic E-state index is -0.572. The minimum Gasteiger partial charge on any atom is -0.506 e. The Bertz CT molecular complexity index is 679. The van der Waals surface area contributed by atoms with Gasteiger partial charge in [-0.2, -0.15) is 0 Å². The molecule has 0 aliphatic carbocycles. The van der Waals surface area contributed by atoms with Gasteiger partial charge in [0.25, 0.3) is 5.91 Å². The Morgan fingerprint density at radius 1 is 1.24 bits per heavy atom. The Balaban J connectivity index is 1.95. The molecule has 2 aromatic carbocycles. The van der Waals surface area contributed by atoms with E-state index in [4.69, 9.17) is 27.9 Å². The van der Waals surface area contributed by atoms with Gasteiger partial charge in [0.15, 0.2) is 6.61 Å². The first-order valence-electron chi connectivity index (χ1n) is 5.82. The molecule has 2 N–H and O–H groups in total. The summed E-state index contributed by atoms with van der Waals surface area (Å²) in [6.45, 7) is -0.325. The Hall–Kier alpha value is -1.98. The summed E-state index contributed by atoms with van der Waals surface area (Å²) >= 11 is 11.4. The van der Waals surface area contributed by atoms with Crippen LogP contribution in [0, 0.1) is 5.82 Å². The Morgan fingerprint density at radius 2 is 2.00 bits per heavy atom. The predicted octanol–water partition coefficient (Wildman–Crippen LogP) is 3.86.